The lowest BCUT2D eigenvalue weighted by atomic mass is 10.0. The van der Waals surface area contributed by atoms with Gasteiger partial charge in [-0.15, -0.1) is 0 Å². The van der Waals surface area contributed by atoms with Gasteiger partial charge in [0, 0.05) is 24.4 Å². The SMILES string of the molecule is CCn1cc(C(=O)O)c(=O)c2c(C)c3c(cc21)OCO3. The number of fused-ring (bicyclic) bond motifs is 2. The summed E-state index contributed by atoms with van der Waals surface area (Å²) < 4.78 is 12.4. The van der Waals surface area contributed by atoms with Crippen LogP contribution in [0.15, 0.2) is 17.1 Å². The number of aromatic carboxylic acids is 1. The second-order valence-corrected chi connectivity index (χ2v) is 4.59. The Morgan fingerprint density at radius 2 is 2.20 bits per heavy atom. The van der Waals surface area contributed by atoms with Gasteiger partial charge in [-0.05, 0) is 13.8 Å². The fraction of sp³-hybridized carbons (Fsp3) is 0.286. The maximum Gasteiger partial charge on any atom is 0.341 e. The summed E-state index contributed by atoms with van der Waals surface area (Å²) >= 11 is 0. The maximum atomic E-state index is 12.4. The third kappa shape index (κ3) is 1.57. The standard InChI is InChI=1S/C14H13NO5/c1-3-15-5-8(14(17)18)12(16)11-7(2)13-10(4-9(11)15)19-6-20-13/h4-5H,3,6H2,1-2H3,(H,17,18). The lowest BCUT2D eigenvalue weighted by molar-refractivity contribution is 0.0695. The molecule has 0 spiro atoms. The largest absolute Gasteiger partial charge is 0.477 e. The van der Waals surface area contributed by atoms with E-state index in [2.05, 4.69) is 0 Å². The van der Waals surface area contributed by atoms with E-state index >= 15 is 0 Å². The first-order chi connectivity index (χ1) is 9.54. The first-order valence-corrected chi connectivity index (χ1v) is 6.24. The minimum atomic E-state index is -1.23. The van der Waals surface area contributed by atoms with Gasteiger partial charge in [0.15, 0.2) is 11.5 Å². The molecular weight excluding hydrogens is 262 g/mol. The lowest BCUT2D eigenvalue weighted by Crippen LogP contribution is -2.19. The molecule has 1 N–H and O–H groups in total. The number of ether oxygens (including phenoxy) is 2. The molecule has 6 nitrogen and oxygen atoms in total. The third-order valence-electron chi connectivity index (χ3n) is 3.52. The molecule has 0 aliphatic carbocycles. The van der Waals surface area contributed by atoms with Gasteiger partial charge < -0.3 is 19.1 Å². The smallest absolute Gasteiger partial charge is 0.341 e. The molecule has 104 valence electrons. The van der Waals surface area contributed by atoms with Crippen LogP contribution < -0.4 is 14.9 Å². The Morgan fingerprint density at radius 1 is 1.45 bits per heavy atom. The van der Waals surface area contributed by atoms with Crippen LogP contribution in [0.1, 0.15) is 22.8 Å². The molecule has 20 heavy (non-hydrogen) atoms. The van der Waals surface area contributed by atoms with E-state index in [0.29, 0.717) is 34.5 Å². The van der Waals surface area contributed by atoms with Crippen molar-refractivity contribution in [1.29, 1.82) is 0 Å². The first kappa shape index (κ1) is 12.5. The highest BCUT2D eigenvalue weighted by Gasteiger charge is 2.23. The molecule has 1 aliphatic heterocycles. The van der Waals surface area contributed by atoms with Crippen LogP contribution in [0.5, 0.6) is 11.5 Å². The second-order valence-electron chi connectivity index (χ2n) is 4.59. The van der Waals surface area contributed by atoms with Crippen LogP contribution in [-0.2, 0) is 6.54 Å². The van der Waals surface area contributed by atoms with Gasteiger partial charge in [0.05, 0.1) is 10.9 Å². The van der Waals surface area contributed by atoms with Crippen molar-refractivity contribution >= 4 is 16.9 Å². The van der Waals surface area contributed by atoms with Gasteiger partial charge in [0.25, 0.3) is 0 Å². The van der Waals surface area contributed by atoms with E-state index in [0.717, 1.165) is 0 Å². The zero-order valence-electron chi connectivity index (χ0n) is 11.1. The van der Waals surface area contributed by atoms with E-state index in [4.69, 9.17) is 14.6 Å². The summed E-state index contributed by atoms with van der Waals surface area (Å²) in [5.74, 6) is -0.129. The molecule has 0 saturated heterocycles. The minimum Gasteiger partial charge on any atom is -0.477 e. The van der Waals surface area contributed by atoms with E-state index in [-0.39, 0.29) is 12.4 Å². The molecule has 0 unspecified atom stereocenters. The third-order valence-corrected chi connectivity index (χ3v) is 3.52. The number of aryl methyl sites for hydroxylation is 2. The Hall–Kier alpha value is -2.50. The quantitative estimate of drug-likeness (QED) is 0.903. The van der Waals surface area contributed by atoms with E-state index in [1.807, 2.05) is 6.92 Å². The number of rotatable bonds is 2. The monoisotopic (exact) mass is 275 g/mol. The van der Waals surface area contributed by atoms with E-state index in [1.54, 1.807) is 17.6 Å². The number of aromatic nitrogens is 1. The van der Waals surface area contributed by atoms with Crippen molar-refractivity contribution in [2.45, 2.75) is 20.4 Å². The van der Waals surface area contributed by atoms with Crippen LogP contribution in [0.4, 0.5) is 0 Å². The van der Waals surface area contributed by atoms with Crippen molar-refractivity contribution < 1.29 is 19.4 Å². The minimum absolute atomic E-state index is 0.110. The van der Waals surface area contributed by atoms with E-state index < -0.39 is 11.4 Å². The molecule has 1 aromatic heterocycles. The van der Waals surface area contributed by atoms with Gasteiger partial charge in [0.1, 0.15) is 5.56 Å². The highest BCUT2D eigenvalue weighted by atomic mass is 16.7. The molecule has 0 radical (unpaired) electrons. The Balaban J connectivity index is 2.51. The fourth-order valence-electron chi connectivity index (χ4n) is 2.54. The van der Waals surface area contributed by atoms with E-state index in [9.17, 15) is 9.59 Å². The van der Waals surface area contributed by atoms with Crippen molar-refractivity contribution in [3.05, 3.63) is 33.6 Å². The molecule has 3 rings (SSSR count). The fourth-order valence-corrected chi connectivity index (χ4v) is 2.54. The Labute approximate surface area is 114 Å². The molecule has 2 aromatic rings. The molecule has 1 aromatic carbocycles. The molecule has 0 fully saturated rings. The van der Waals surface area contributed by atoms with Crippen LogP contribution >= 0.6 is 0 Å². The molecule has 0 amide bonds. The Kier molecular flexibility index (Phi) is 2.67. The molecule has 6 heteroatoms. The predicted molar refractivity (Wildman–Crippen MR) is 71.7 cm³/mol. The van der Waals surface area contributed by atoms with Crippen LogP contribution in [0.3, 0.4) is 0 Å². The summed E-state index contributed by atoms with van der Waals surface area (Å²) in [5.41, 5.74) is 0.545. The molecule has 0 atom stereocenters. The van der Waals surface area contributed by atoms with Crippen LogP contribution in [0, 0.1) is 6.92 Å². The number of carboxylic acids is 1. The van der Waals surface area contributed by atoms with Gasteiger partial charge in [-0.3, -0.25) is 4.79 Å². The second kappa shape index (κ2) is 4.26. The summed E-state index contributed by atoms with van der Waals surface area (Å²) in [4.78, 5) is 23.6. The van der Waals surface area contributed by atoms with Gasteiger partial charge in [-0.1, -0.05) is 0 Å². The molecule has 2 heterocycles. The molecular formula is C14H13NO5. The van der Waals surface area contributed by atoms with Crippen molar-refractivity contribution in [2.75, 3.05) is 6.79 Å². The highest BCUT2D eigenvalue weighted by molar-refractivity contribution is 5.95. The molecule has 0 bridgehead atoms. The average molecular weight is 275 g/mol. The normalized spacial score (nSPS) is 12.9. The van der Waals surface area contributed by atoms with Crippen molar-refractivity contribution in [3.63, 3.8) is 0 Å². The van der Waals surface area contributed by atoms with E-state index in [1.165, 1.54) is 6.20 Å². The Morgan fingerprint density at radius 3 is 2.85 bits per heavy atom. The van der Waals surface area contributed by atoms with Gasteiger partial charge in [0.2, 0.25) is 12.2 Å². The predicted octanol–water partition coefficient (Wildman–Crippen LogP) is 1.76. The summed E-state index contributed by atoms with van der Waals surface area (Å²) in [7, 11) is 0. The van der Waals surface area contributed by atoms with Crippen LogP contribution in [0.25, 0.3) is 10.9 Å². The van der Waals surface area contributed by atoms with Gasteiger partial charge in [-0.2, -0.15) is 0 Å². The zero-order valence-corrected chi connectivity index (χ0v) is 11.1. The first-order valence-electron chi connectivity index (χ1n) is 6.24. The summed E-state index contributed by atoms with van der Waals surface area (Å²) in [6.45, 7) is 4.28. The van der Waals surface area contributed by atoms with Gasteiger partial charge >= 0.3 is 5.97 Å². The molecule has 0 saturated carbocycles. The number of benzene rings is 1. The number of carbonyl (C=O) groups is 1. The summed E-state index contributed by atoms with van der Waals surface area (Å²) in [6, 6.07) is 1.72. The van der Waals surface area contributed by atoms with Crippen LogP contribution in [0.2, 0.25) is 0 Å². The number of pyridine rings is 1. The van der Waals surface area contributed by atoms with Crippen LogP contribution in [-0.4, -0.2) is 22.4 Å². The van der Waals surface area contributed by atoms with Gasteiger partial charge in [-0.25, -0.2) is 4.79 Å². The van der Waals surface area contributed by atoms with Crippen molar-refractivity contribution in [2.24, 2.45) is 0 Å². The Bertz CT molecular complexity index is 790. The highest BCUT2D eigenvalue weighted by Crippen LogP contribution is 2.39. The van der Waals surface area contributed by atoms with Crippen molar-refractivity contribution in [1.82, 2.24) is 4.57 Å². The lowest BCUT2D eigenvalue weighted by Gasteiger charge is -2.13. The van der Waals surface area contributed by atoms with Crippen molar-refractivity contribution in [3.8, 4) is 11.5 Å². The topological polar surface area (TPSA) is 77.8 Å². The number of hydrogen-bond acceptors (Lipinski definition) is 4. The summed E-state index contributed by atoms with van der Waals surface area (Å²) in [5, 5.41) is 9.53. The number of carboxylic acid groups (broad SMARTS) is 1. The number of hydrogen-bond donors (Lipinski definition) is 1. The maximum absolute atomic E-state index is 12.4. The molecule has 1 aliphatic rings. The number of nitrogens with zero attached hydrogens (tertiary/aromatic N) is 1. The summed E-state index contributed by atoms with van der Waals surface area (Å²) in [6.07, 6.45) is 1.37. The average Bonchev–Trinajstić information content (AvgIpc) is 2.87. The zero-order chi connectivity index (χ0) is 14.4.